The maximum Gasteiger partial charge on any atom is 0.319 e. The minimum atomic E-state index is -3.52. The van der Waals surface area contributed by atoms with Crippen LogP contribution in [0.5, 0.6) is 0 Å². The average molecular weight is 411 g/mol. The summed E-state index contributed by atoms with van der Waals surface area (Å²) in [6.45, 7) is 3.51. The van der Waals surface area contributed by atoms with E-state index in [1.54, 1.807) is 31.1 Å². The summed E-state index contributed by atoms with van der Waals surface area (Å²) in [5.74, 6) is -0.265. The number of anilines is 1. The van der Waals surface area contributed by atoms with Gasteiger partial charge in [0.2, 0.25) is 15.9 Å². The van der Waals surface area contributed by atoms with E-state index in [0.717, 1.165) is 12.8 Å². The second-order valence-corrected chi connectivity index (χ2v) is 8.97. The standard InChI is InChI=1S/C19H30N4O4S/c1-4-5-12-20-28(26,27)17-8-6-16(7-9-17)21-18(24)15-10-13-23(14-11-15)19(25)22(2)3/h6-9,15,20H,4-5,10-14H2,1-3H3,(H,21,24). The number of rotatable bonds is 7. The molecule has 0 atom stereocenters. The average Bonchev–Trinajstić information content (AvgIpc) is 2.68. The lowest BCUT2D eigenvalue weighted by atomic mass is 9.96. The van der Waals surface area contributed by atoms with Gasteiger partial charge in [0.25, 0.3) is 0 Å². The molecule has 2 N–H and O–H groups in total. The highest BCUT2D eigenvalue weighted by Crippen LogP contribution is 2.21. The Bertz CT molecular complexity index is 770. The SMILES string of the molecule is CCCCNS(=O)(=O)c1ccc(NC(=O)C2CCN(C(=O)N(C)C)CC2)cc1. The molecule has 8 nitrogen and oxygen atoms in total. The van der Waals surface area contributed by atoms with E-state index in [-0.39, 0.29) is 22.8 Å². The highest BCUT2D eigenvalue weighted by atomic mass is 32.2. The topological polar surface area (TPSA) is 98.8 Å². The van der Waals surface area contributed by atoms with E-state index < -0.39 is 10.0 Å². The fourth-order valence-corrected chi connectivity index (χ4v) is 4.12. The van der Waals surface area contributed by atoms with Gasteiger partial charge < -0.3 is 15.1 Å². The van der Waals surface area contributed by atoms with Crippen molar-refractivity contribution >= 4 is 27.6 Å². The first kappa shape index (κ1) is 22.2. The van der Waals surface area contributed by atoms with Crippen molar-refractivity contribution in [1.29, 1.82) is 0 Å². The van der Waals surface area contributed by atoms with Crippen molar-refractivity contribution in [1.82, 2.24) is 14.5 Å². The summed E-state index contributed by atoms with van der Waals surface area (Å²) in [5.41, 5.74) is 0.560. The molecular weight excluding hydrogens is 380 g/mol. The quantitative estimate of drug-likeness (QED) is 0.673. The number of likely N-dealkylation sites (tertiary alicyclic amines) is 1. The molecule has 28 heavy (non-hydrogen) atoms. The molecule has 1 saturated heterocycles. The Morgan fingerprint density at radius 2 is 1.75 bits per heavy atom. The summed E-state index contributed by atoms with van der Waals surface area (Å²) in [5, 5.41) is 2.84. The Balaban J connectivity index is 1.89. The largest absolute Gasteiger partial charge is 0.331 e. The zero-order valence-corrected chi connectivity index (χ0v) is 17.6. The number of carbonyl (C=O) groups is 2. The molecule has 0 radical (unpaired) electrons. The number of hydrogen-bond acceptors (Lipinski definition) is 4. The molecule has 0 bridgehead atoms. The van der Waals surface area contributed by atoms with Crippen LogP contribution in [-0.4, -0.2) is 63.9 Å². The van der Waals surface area contributed by atoms with E-state index in [1.165, 1.54) is 17.0 Å². The molecule has 0 aromatic heterocycles. The van der Waals surface area contributed by atoms with Crippen LogP contribution in [0.15, 0.2) is 29.2 Å². The van der Waals surface area contributed by atoms with Crippen LogP contribution in [0, 0.1) is 5.92 Å². The van der Waals surface area contributed by atoms with E-state index in [0.29, 0.717) is 38.2 Å². The molecule has 1 aromatic rings. The second kappa shape index (κ2) is 9.88. The number of urea groups is 1. The summed E-state index contributed by atoms with van der Waals surface area (Å²) in [7, 11) is -0.0985. The molecular formula is C19H30N4O4S. The van der Waals surface area contributed by atoms with Crippen LogP contribution in [0.4, 0.5) is 10.5 Å². The molecule has 0 saturated carbocycles. The van der Waals surface area contributed by atoms with Gasteiger partial charge in [-0.05, 0) is 43.5 Å². The fourth-order valence-electron chi connectivity index (χ4n) is 3.04. The smallest absolute Gasteiger partial charge is 0.319 e. The van der Waals surface area contributed by atoms with Crippen molar-refractivity contribution in [2.24, 2.45) is 5.92 Å². The minimum absolute atomic E-state index is 0.0387. The Labute approximate surface area is 167 Å². The van der Waals surface area contributed by atoms with Gasteiger partial charge in [-0.1, -0.05) is 13.3 Å². The zero-order valence-electron chi connectivity index (χ0n) is 16.8. The Kier molecular flexibility index (Phi) is 7.82. The van der Waals surface area contributed by atoms with Gasteiger partial charge in [-0.15, -0.1) is 0 Å². The first-order valence-electron chi connectivity index (χ1n) is 9.61. The summed E-state index contributed by atoms with van der Waals surface area (Å²) in [4.78, 5) is 27.9. The van der Waals surface area contributed by atoms with Gasteiger partial charge in [0.1, 0.15) is 0 Å². The minimum Gasteiger partial charge on any atom is -0.331 e. The molecule has 2 rings (SSSR count). The molecule has 0 spiro atoms. The van der Waals surface area contributed by atoms with Crippen molar-refractivity contribution in [3.63, 3.8) is 0 Å². The van der Waals surface area contributed by atoms with Crippen LogP contribution in [0.1, 0.15) is 32.6 Å². The van der Waals surface area contributed by atoms with E-state index in [4.69, 9.17) is 0 Å². The van der Waals surface area contributed by atoms with Gasteiger partial charge in [-0.2, -0.15) is 0 Å². The Morgan fingerprint density at radius 3 is 2.29 bits per heavy atom. The van der Waals surface area contributed by atoms with Crippen molar-refractivity contribution in [3.05, 3.63) is 24.3 Å². The summed E-state index contributed by atoms with van der Waals surface area (Å²) < 4.78 is 26.9. The van der Waals surface area contributed by atoms with Crippen molar-refractivity contribution in [3.8, 4) is 0 Å². The van der Waals surface area contributed by atoms with E-state index in [1.807, 2.05) is 6.92 Å². The van der Waals surface area contributed by atoms with Gasteiger partial charge in [0, 0.05) is 45.3 Å². The van der Waals surface area contributed by atoms with Gasteiger partial charge in [0.05, 0.1) is 4.90 Å². The monoisotopic (exact) mass is 410 g/mol. The third kappa shape index (κ3) is 5.93. The molecule has 1 aliphatic heterocycles. The van der Waals surface area contributed by atoms with Gasteiger partial charge >= 0.3 is 6.03 Å². The molecule has 1 aliphatic rings. The summed E-state index contributed by atoms with van der Waals surface area (Å²) in [6.07, 6.45) is 2.92. The number of benzene rings is 1. The highest BCUT2D eigenvalue weighted by Gasteiger charge is 2.28. The number of hydrogen-bond donors (Lipinski definition) is 2. The van der Waals surface area contributed by atoms with Crippen LogP contribution >= 0.6 is 0 Å². The van der Waals surface area contributed by atoms with Gasteiger partial charge in [-0.3, -0.25) is 4.79 Å². The molecule has 1 heterocycles. The van der Waals surface area contributed by atoms with E-state index >= 15 is 0 Å². The molecule has 1 aromatic carbocycles. The van der Waals surface area contributed by atoms with Crippen LogP contribution in [0.25, 0.3) is 0 Å². The molecule has 1 fully saturated rings. The normalized spacial score (nSPS) is 15.3. The first-order valence-corrected chi connectivity index (χ1v) is 11.1. The van der Waals surface area contributed by atoms with E-state index in [9.17, 15) is 18.0 Å². The molecule has 3 amide bonds. The maximum atomic E-state index is 12.5. The van der Waals surface area contributed by atoms with Crippen LogP contribution < -0.4 is 10.0 Å². The number of amides is 3. The maximum absolute atomic E-state index is 12.5. The predicted molar refractivity (Wildman–Crippen MR) is 109 cm³/mol. The number of nitrogens with zero attached hydrogens (tertiary/aromatic N) is 2. The van der Waals surface area contributed by atoms with Gasteiger partial charge in [-0.25, -0.2) is 17.9 Å². The lowest BCUT2D eigenvalue weighted by Crippen LogP contribution is -2.45. The summed E-state index contributed by atoms with van der Waals surface area (Å²) >= 11 is 0. The van der Waals surface area contributed by atoms with Crippen LogP contribution in [-0.2, 0) is 14.8 Å². The van der Waals surface area contributed by atoms with E-state index in [2.05, 4.69) is 10.0 Å². The Morgan fingerprint density at radius 1 is 1.14 bits per heavy atom. The predicted octanol–water partition coefficient (Wildman–Crippen LogP) is 2.10. The third-order valence-corrected chi connectivity index (χ3v) is 6.25. The third-order valence-electron chi connectivity index (χ3n) is 4.77. The number of sulfonamides is 1. The number of piperidine rings is 1. The number of carbonyl (C=O) groups excluding carboxylic acids is 2. The molecule has 0 aliphatic carbocycles. The molecule has 156 valence electrons. The summed E-state index contributed by atoms with van der Waals surface area (Å²) in [6, 6.07) is 6.13. The van der Waals surface area contributed by atoms with Crippen molar-refractivity contribution in [2.75, 3.05) is 39.0 Å². The first-order chi connectivity index (χ1) is 13.2. The Hall–Kier alpha value is -2.13. The highest BCUT2D eigenvalue weighted by molar-refractivity contribution is 7.89. The van der Waals surface area contributed by atoms with Gasteiger partial charge in [0.15, 0.2) is 0 Å². The molecule has 9 heteroatoms. The lowest BCUT2D eigenvalue weighted by Gasteiger charge is -2.33. The van der Waals surface area contributed by atoms with Crippen LogP contribution in [0.3, 0.4) is 0 Å². The fraction of sp³-hybridized carbons (Fsp3) is 0.579. The van der Waals surface area contributed by atoms with Crippen LogP contribution in [0.2, 0.25) is 0 Å². The van der Waals surface area contributed by atoms with Crippen molar-refractivity contribution in [2.45, 2.75) is 37.5 Å². The second-order valence-electron chi connectivity index (χ2n) is 7.20. The zero-order chi connectivity index (χ0) is 20.7. The number of nitrogens with one attached hydrogen (secondary N) is 2. The number of unbranched alkanes of at least 4 members (excludes halogenated alkanes) is 1. The molecule has 0 unspecified atom stereocenters. The van der Waals surface area contributed by atoms with Crippen molar-refractivity contribution < 1.29 is 18.0 Å². The lowest BCUT2D eigenvalue weighted by molar-refractivity contribution is -0.121.